The summed E-state index contributed by atoms with van der Waals surface area (Å²) in [7, 11) is 0. The van der Waals surface area contributed by atoms with E-state index in [0.717, 1.165) is 12.8 Å². The number of anilines is 2. The molecule has 0 aromatic heterocycles. The Morgan fingerprint density at radius 3 is 2.19 bits per heavy atom. The van der Waals surface area contributed by atoms with Crippen molar-refractivity contribution in [3.8, 4) is 0 Å². The summed E-state index contributed by atoms with van der Waals surface area (Å²) in [5.74, 6) is -0.735. The number of nitrogens with one attached hydrogen (secondary N) is 1. The molecule has 0 fully saturated rings. The number of amides is 1. The molecule has 1 atom stereocenters. The smallest absolute Gasteiger partial charge is 0.336 e. The van der Waals surface area contributed by atoms with E-state index in [0.29, 0.717) is 11.4 Å². The Kier molecular flexibility index (Phi) is 6.09. The van der Waals surface area contributed by atoms with Gasteiger partial charge in [-0.05, 0) is 114 Å². The van der Waals surface area contributed by atoms with Gasteiger partial charge in [-0.2, -0.15) is 0 Å². The fourth-order valence-corrected chi connectivity index (χ4v) is 3.64. The van der Waals surface area contributed by atoms with Crippen LogP contribution in [0.3, 0.4) is 0 Å². The molecule has 3 rings (SSSR count). The molecule has 0 saturated carbocycles. The van der Waals surface area contributed by atoms with Gasteiger partial charge in [0.2, 0.25) is 0 Å². The molecular weight excluding hydrogens is 570 g/mol. The topological polar surface area (TPSA) is 58.6 Å². The molecule has 2 aromatic rings. The number of esters is 1. The second kappa shape index (κ2) is 8.17. The Bertz CT molecular complexity index is 894. The third-order valence-electron chi connectivity index (χ3n) is 4.22. The van der Waals surface area contributed by atoms with Crippen molar-refractivity contribution >= 4 is 68.4 Å². The third kappa shape index (κ3) is 4.13. The van der Waals surface area contributed by atoms with Gasteiger partial charge < -0.3 is 10.1 Å². The summed E-state index contributed by atoms with van der Waals surface area (Å²) in [5, 5.41) is 3.14. The van der Waals surface area contributed by atoms with Crippen molar-refractivity contribution in [2.45, 2.75) is 19.4 Å². The first-order valence-corrected chi connectivity index (χ1v) is 10.5. The SMILES string of the molecule is CCOC(=O)[C@]1(C)C=C(Nc2ccc(I)cc2)C(=O)N1c1ccc(I)cc1. The van der Waals surface area contributed by atoms with Gasteiger partial charge in [-0.3, -0.25) is 9.69 Å². The molecule has 27 heavy (non-hydrogen) atoms. The Labute approximate surface area is 185 Å². The number of carbonyl (C=O) groups is 2. The molecular formula is C20H18I2N2O3. The van der Waals surface area contributed by atoms with Gasteiger partial charge >= 0.3 is 5.97 Å². The zero-order valence-corrected chi connectivity index (χ0v) is 19.1. The van der Waals surface area contributed by atoms with Gasteiger partial charge in [-0.1, -0.05) is 0 Å². The van der Waals surface area contributed by atoms with Crippen LogP contribution in [0.1, 0.15) is 13.8 Å². The van der Waals surface area contributed by atoms with E-state index in [2.05, 4.69) is 50.5 Å². The highest BCUT2D eigenvalue weighted by Crippen LogP contribution is 2.35. The highest BCUT2D eigenvalue weighted by atomic mass is 127. The fourth-order valence-electron chi connectivity index (χ4n) is 2.92. The van der Waals surface area contributed by atoms with Crippen LogP contribution in [-0.4, -0.2) is 24.0 Å². The van der Waals surface area contributed by atoms with Crippen LogP contribution in [0.15, 0.2) is 60.3 Å². The van der Waals surface area contributed by atoms with Crippen molar-refractivity contribution in [3.63, 3.8) is 0 Å². The summed E-state index contributed by atoms with van der Waals surface area (Å²) >= 11 is 4.42. The zero-order valence-electron chi connectivity index (χ0n) is 14.8. The predicted molar refractivity (Wildman–Crippen MR) is 123 cm³/mol. The second-order valence-corrected chi connectivity index (χ2v) is 8.67. The van der Waals surface area contributed by atoms with Crippen LogP contribution in [0.5, 0.6) is 0 Å². The summed E-state index contributed by atoms with van der Waals surface area (Å²) in [6.45, 7) is 3.70. The van der Waals surface area contributed by atoms with Crippen LogP contribution in [0.2, 0.25) is 0 Å². The summed E-state index contributed by atoms with van der Waals surface area (Å²) in [5.41, 5.74) is 0.563. The normalized spacial score (nSPS) is 19.0. The Hall–Kier alpha value is -1.62. The number of rotatable bonds is 5. The van der Waals surface area contributed by atoms with Gasteiger partial charge in [0.1, 0.15) is 5.70 Å². The van der Waals surface area contributed by atoms with E-state index in [1.54, 1.807) is 19.9 Å². The van der Waals surface area contributed by atoms with Crippen LogP contribution in [-0.2, 0) is 14.3 Å². The molecule has 0 bridgehead atoms. The first-order chi connectivity index (χ1) is 12.8. The zero-order chi connectivity index (χ0) is 19.6. The van der Waals surface area contributed by atoms with E-state index in [-0.39, 0.29) is 12.5 Å². The Balaban J connectivity index is 1.99. The molecule has 0 saturated heterocycles. The van der Waals surface area contributed by atoms with Crippen LogP contribution in [0.4, 0.5) is 11.4 Å². The molecule has 7 heteroatoms. The molecule has 1 aliphatic heterocycles. The van der Waals surface area contributed by atoms with Crippen molar-refractivity contribution in [3.05, 3.63) is 67.4 Å². The average Bonchev–Trinajstić information content (AvgIpc) is 2.90. The lowest BCUT2D eigenvalue weighted by Gasteiger charge is -2.32. The quantitative estimate of drug-likeness (QED) is 0.412. The van der Waals surface area contributed by atoms with Crippen molar-refractivity contribution in [1.82, 2.24) is 0 Å². The third-order valence-corrected chi connectivity index (χ3v) is 5.66. The molecule has 0 spiro atoms. The Morgan fingerprint density at radius 1 is 1.07 bits per heavy atom. The number of benzene rings is 2. The van der Waals surface area contributed by atoms with Gasteiger partial charge in [0.15, 0.2) is 5.54 Å². The summed E-state index contributed by atoms with van der Waals surface area (Å²) in [4.78, 5) is 27.4. The molecule has 5 nitrogen and oxygen atoms in total. The number of halogens is 2. The molecule has 0 radical (unpaired) electrons. The van der Waals surface area contributed by atoms with Gasteiger partial charge in [-0.15, -0.1) is 0 Å². The fraction of sp³-hybridized carbons (Fsp3) is 0.200. The number of hydrogen-bond acceptors (Lipinski definition) is 4. The minimum Gasteiger partial charge on any atom is -0.464 e. The van der Waals surface area contributed by atoms with Crippen molar-refractivity contribution < 1.29 is 14.3 Å². The number of nitrogens with zero attached hydrogens (tertiary/aromatic N) is 1. The largest absolute Gasteiger partial charge is 0.464 e. The van der Waals surface area contributed by atoms with Gasteiger partial charge in [-0.25, -0.2) is 4.79 Å². The summed E-state index contributed by atoms with van der Waals surface area (Å²) in [6, 6.07) is 15.2. The molecule has 1 heterocycles. The molecule has 1 amide bonds. The number of hydrogen-bond donors (Lipinski definition) is 1. The molecule has 1 N–H and O–H groups in total. The first kappa shape index (κ1) is 20.1. The minimum atomic E-state index is -1.22. The van der Waals surface area contributed by atoms with E-state index < -0.39 is 11.5 Å². The van der Waals surface area contributed by atoms with Crippen molar-refractivity contribution in [2.24, 2.45) is 0 Å². The van der Waals surface area contributed by atoms with E-state index in [1.807, 2.05) is 48.5 Å². The standard InChI is InChI=1S/C20H18I2N2O3/c1-3-27-19(26)20(2)12-17(23-15-8-4-13(21)5-9-15)18(25)24(20)16-10-6-14(22)7-11-16/h4-12,23H,3H2,1-2H3/t20-/m0/s1. The van der Waals surface area contributed by atoms with Crippen molar-refractivity contribution in [1.29, 1.82) is 0 Å². The highest BCUT2D eigenvalue weighted by molar-refractivity contribution is 14.1. The Morgan fingerprint density at radius 2 is 1.63 bits per heavy atom. The highest BCUT2D eigenvalue weighted by Gasteiger charge is 2.49. The van der Waals surface area contributed by atoms with Crippen LogP contribution in [0.25, 0.3) is 0 Å². The molecule has 0 aliphatic carbocycles. The number of carbonyl (C=O) groups excluding carboxylic acids is 2. The first-order valence-electron chi connectivity index (χ1n) is 8.38. The summed E-state index contributed by atoms with van der Waals surface area (Å²) < 4.78 is 7.41. The van der Waals surface area contributed by atoms with E-state index in [4.69, 9.17) is 4.74 Å². The number of ether oxygens (including phenoxy) is 1. The monoisotopic (exact) mass is 588 g/mol. The van der Waals surface area contributed by atoms with Gasteiger partial charge in [0, 0.05) is 18.5 Å². The van der Waals surface area contributed by atoms with Crippen LogP contribution >= 0.6 is 45.2 Å². The van der Waals surface area contributed by atoms with Crippen molar-refractivity contribution in [2.75, 3.05) is 16.8 Å². The van der Waals surface area contributed by atoms with Crippen LogP contribution in [0, 0.1) is 7.14 Å². The van der Waals surface area contributed by atoms with E-state index >= 15 is 0 Å². The molecule has 140 valence electrons. The predicted octanol–water partition coefficient (Wildman–Crippen LogP) is 4.56. The lowest BCUT2D eigenvalue weighted by atomic mass is 10.0. The summed E-state index contributed by atoms with van der Waals surface area (Å²) in [6.07, 6.45) is 1.64. The minimum absolute atomic E-state index is 0.247. The van der Waals surface area contributed by atoms with Gasteiger partial charge in [0.05, 0.1) is 6.61 Å². The second-order valence-electron chi connectivity index (χ2n) is 6.17. The lowest BCUT2D eigenvalue weighted by Crippen LogP contribution is -2.51. The maximum atomic E-state index is 13.2. The van der Waals surface area contributed by atoms with E-state index in [9.17, 15) is 9.59 Å². The maximum Gasteiger partial charge on any atom is 0.336 e. The van der Waals surface area contributed by atoms with Gasteiger partial charge in [0.25, 0.3) is 5.91 Å². The van der Waals surface area contributed by atoms with Crippen LogP contribution < -0.4 is 10.2 Å². The lowest BCUT2D eigenvalue weighted by molar-refractivity contribution is -0.147. The average molecular weight is 588 g/mol. The van der Waals surface area contributed by atoms with E-state index in [1.165, 1.54) is 4.90 Å². The molecule has 0 unspecified atom stereocenters. The molecule has 1 aliphatic rings. The maximum absolute atomic E-state index is 13.2. The molecule has 2 aromatic carbocycles.